The van der Waals surface area contributed by atoms with Gasteiger partial charge in [-0.2, -0.15) is 0 Å². The molecule has 0 aliphatic rings. The number of aryl methyl sites for hydroxylation is 3. The third-order valence-electron chi connectivity index (χ3n) is 2.95. The van der Waals surface area contributed by atoms with Crippen LogP contribution in [0, 0.1) is 20.8 Å². The average Bonchev–Trinajstić information content (AvgIpc) is 2.34. The molecule has 0 aromatic heterocycles. The fraction of sp³-hybridized carbons (Fsp3) is 0.188. The predicted molar refractivity (Wildman–Crippen MR) is 75.0 cm³/mol. The van der Waals surface area contributed by atoms with E-state index in [0.29, 0.717) is 5.56 Å². The van der Waals surface area contributed by atoms with Crippen LogP contribution < -0.4 is 5.32 Å². The van der Waals surface area contributed by atoms with Crippen LogP contribution in [0.1, 0.15) is 27.0 Å². The lowest BCUT2D eigenvalue weighted by atomic mass is 10.0. The van der Waals surface area contributed by atoms with E-state index in [4.69, 9.17) is 0 Å². The Hall–Kier alpha value is -2.09. The quantitative estimate of drug-likeness (QED) is 0.847. The molecular formula is C16H17NO. The van der Waals surface area contributed by atoms with Crippen LogP contribution in [0.5, 0.6) is 0 Å². The Kier molecular flexibility index (Phi) is 3.47. The predicted octanol–water partition coefficient (Wildman–Crippen LogP) is 3.86. The fourth-order valence-electron chi connectivity index (χ4n) is 2.15. The molecule has 0 saturated heterocycles. The van der Waals surface area contributed by atoms with Crippen LogP contribution in [0.25, 0.3) is 0 Å². The normalized spacial score (nSPS) is 10.2. The molecule has 0 heterocycles. The van der Waals surface area contributed by atoms with Crippen molar-refractivity contribution in [3.8, 4) is 0 Å². The Morgan fingerprint density at radius 1 is 0.944 bits per heavy atom. The number of hydrogen-bond donors (Lipinski definition) is 1. The molecule has 0 fully saturated rings. The number of carbonyl (C=O) groups excluding carboxylic acids is 1. The van der Waals surface area contributed by atoms with Crippen molar-refractivity contribution in [3.63, 3.8) is 0 Å². The first-order valence-corrected chi connectivity index (χ1v) is 6.02. The topological polar surface area (TPSA) is 29.1 Å². The molecule has 0 radical (unpaired) electrons. The van der Waals surface area contributed by atoms with Crippen LogP contribution in [0.3, 0.4) is 0 Å². The number of rotatable bonds is 2. The highest BCUT2D eigenvalue weighted by Gasteiger charge is 2.09. The van der Waals surface area contributed by atoms with E-state index in [9.17, 15) is 4.79 Å². The molecule has 2 aromatic rings. The molecule has 2 rings (SSSR count). The zero-order valence-electron chi connectivity index (χ0n) is 10.9. The summed E-state index contributed by atoms with van der Waals surface area (Å²) in [7, 11) is 0. The van der Waals surface area contributed by atoms with Gasteiger partial charge in [0.05, 0.1) is 0 Å². The van der Waals surface area contributed by atoms with Crippen LogP contribution in [0.4, 0.5) is 5.69 Å². The SMILES string of the molecule is Cc1cc(C)c(NC(=O)c2ccccc2)c(C)c1. The van der Waals surface area contributed by atoms with Gasteiger partial charge < -0.3 is 5.32 Å². The van der Waals surface area contributed by atoms with E-state index in [0.717, 1.165) is 16.8 Å². The van der Waals surface area contributed by atoms with Gasteiger partial charge in [0.25, 0.3) is 5.91 Å². The first-order valence-electron chi connectivity index (χ1n) is 6.02. The largest absolute Gasteiger partial charge is 0.322 e. The molecule has 0 aliphatic heterocycles. The lowest BCUT2D eigenvalue weighted by Gasteiger charge is -2.12. The zero-order valence-corrected chi connectivity index (χ0v) is 10.9. The summed E-state index contributed by atoms with van der Waals surface area (Å²) in [5, 5.41) is 2.98. The Balaban J connectivity index is 2.28. The fourth-order valence-corrected chi connectivity index (χ4v) is 2.15. The van der Waals surface area contributed by atoms with Gasteiger partial charge in [-0.15, -0.1) is 0 Å². The molecular weight excluding hydrogens is 222 g/mol. The molecule has 2 heteroatoms. The number of hydrogen-bond acceptors (Lipinski definition) is 1. The lowest BCUT2D eigenvalue weighted by molar-refractivity contribution is 0.102. The van der Waals surface area contributed by atoms with E-state index in [1.165, 1.54) is 5.56 Å². The monoisotopic (exact) mass is 239 g/mol. The van der Waals surface area contributed by atoms with Crippen LogP contribution >= 0.6 is 0 Å². The summed E-state index contributed by atoms with van der Waals surface area (Å²) in [5.41, 5.74) is 4.99. The highest BCUT2D eigenvalue weighted by Crippen LogP contribution is 2.22. The summed E-state index contributed by atoms with van der Waals surface area (Å²) >= 11 is 0. The highest BCUT2D eigenvalue weighted by molar-refractivity contribution is 6.05. The van der Waals surface area contributed by atoms with Crippen molar-refractivity contribution in [3.05, 3.63) is 64.7 Å². The maximum atomic E-state index is 12.1. The molecule has 92 valence electrons. The second kappa shape index (κ2) is 5.05. The van der Waals surface area contributed by atoms with Gasteiger partial charge >= 0.3 is 0 Å². The van der Waals surface area contributed by atoms with Crippen molar-refractivity contribution < 1.29 is 4.79 Å². The third kappa shape index (κ3) is 2.59. The summed E-state index contributed by atoms with van der Waals surface area (Å²) in [6.07, 6.45) is 0. The minimum atomic E-state index is -0.0642. The minimum Gasteiger partial charge on any atom is -0.322 e. The third-order valence-corrected chi connectivity index (χ3v) is 2.95. The Morgan fingerprint density at radius 3 is 2.06 bits per heavy atom. The molecule has 1 N–H and O–H groups in total. The van der Waals surface area contributed by atoms with Crippen molar-refractivity contribution in [1.82, 2.24) is 0 Å². The van der Waals surface area contributed by atoms with E-state index in [-0.39, 0.29) is 5.91 Å². The Bertz CT molecular complexity index is 550. The van der Waals surface area contributed by atoms with E-state index < -0.39 is 0 Å². The van der Waals surface area contributed by atoms with Crippen LogP contribution in [-0.4, -0.2) is 5.91 Å². The molecule has 2 nitrogen and oxygen atoms in total. The maximum Gasteiger partial charge on any atom is 0.255 e. The Labute approximate surface area is 108 Å². The van der Waals surface area contributed by atoms with E-state index in [2.05, 4.69) is 24.4 Å². The van der Waals surface area contributed by atoms with Crippen molar-refractivity contribution in [1.29, 1.82) is 0 Å². The van der Waals surface area contributed by atoms with Crippen molar-refractivity contribution in [2.24, 2.45) is 0 Å². The van der Waals surface area contributed by atoms with Gasteiger partial charge in [0.2, 0.25) is 0 Å². The van der Waals surface area contributed by atoms with Gasteiger partial charge in [-0.25, -0.2) is 0 Å². The van der Waals surface area contributed by atoms with Gasteiger partial charge in [-0.1, -0.05) is 35.9 Å². The molecule has 18 heavy (non-hydrogen) atoms. The van der Waals surface area contributed by atoms with Gasteiger partial charge in [-0.3, -0.25) is 4.79 Å². The maximum absolute atomic E-state index is 12.1. The van der Waals surface area contributed by atoms with Gasteiger partial charge in [0.15, 0.2) is 0 Å². The van der Waals surface area contributed by atoms with Gasteiger partial charge in [-0.05, 0) is 44.0 Å². The second-order valence-corrected chi connectivity index (χ2v) is 4.59. The number of amides is 1. The second-order valence-electron chi connectivity index (χ2n) is 4.59. The minimum absolute atomic E-state index is 0.0642. The summed E-state index contributed by atoms with van der Waals surface area (Å²) in [6.45, 7) is 6.09. The van der Waals surface area contributed by atoms with Crippen molar-refractivity contribution >= 4 is 11.6 Å². The highest BCUT2D eigenvalue weighted by atomic mass is 16.1. The number of benzene rings is 2. The number of anilines is 1. The summed E-state index contributed by atoms with van der Waals surface area (Å²) in [6, 6.07) is 13.4. The molecule has 0 saturated carbocycles. The van der Waals surface area contributed by atoms with E-state index in [1.54, 1.807) is 0 Å². The van der Waals surface area contributed by atoms with Gasteiger partial charge in [0.1, 0.15) is 0 Å². The molecule has 0 aliphatic carbocycles. The molecule has 0 spiro atoms. The van der Waals surface area contributed by atoms with E-state index in [1.807, 2.05) is 44.2 Å². The standard InChI is InChI=1S/C16H17NO/c1-11-9-12(2)15(13(3)10-11)17-16(18)14-7-5-4-6-8-14/h4-10H,1-3H3,(H,17,18). The first kappa shape index (κ1) is 12.4. The zero-order chi connectivity index (χ0) is 13.1. The summed E-state index contributed by atoms with van der Waals surface area (Å²) < 4.78 is 0. The molecule has 0 bridgehead atoms. The average molecular weight is 239 g/mol. The van der Waals surface area contributed by atoms with E-state index >= 15 is 0 Å². The van der Waals surface area contributed by atoms with Crippen molar-refractivity contribution in [2.75, 3.05) is 5.32 Å². The molecule has 2 aromatic carbocycles. The Morgan fingerprint density at radius 2 is 1.50 bits per heavy atom. The van der Waals surface area contributed by atoms with Crippen LogP contribution in [-0.2, 0) is 0 Å². The molecule has 0 unspecified atom stereocenters. The lowest BCUT2D eigenvalue weighted by Crippen LogP contribution is -2.13. The van der Waals surface area contributed by atoms with Crippen molar-refractivity contribution in [2.45, 2.75) is 20.8 Å². The van der Waals surface area contributed by atoms with Crippen LogP contribution in [0.2, 0.25) is 0 Å². The smallest absolute Gasteiger partial charge is 0.255 e. The summed E-state index contributed by atoms with van der Waals surface area (Å²) in [4.78, 5) is 12.1. The molecule has 1 amide bonds. The summed E-state index contributed by atoms with van der Waals surface area (Å²) in [5.74, 6) is -0.0642. The number of nitrogens with one attached hydrogen (secondary N) is 1. The van der Waals surface area contributed by atoms with Crippen LogP contribution in [0.15, 0.2) is 42.5 Å². The number of carbonyl (C=O) groups is 1. The first-order chi connectivity index (χ1) is 8.58. The molecule has 0 atom stereocenters. The van der Waals surface area contributed by atoms with Gasteiger partial charge in [0, 0.05) is 11.3 Å².